The van der Waals surface area contributed by atoms with Gasteiger partial charge in [0.2, 0.25) is 5.91 Å². The van der Waals surface area contributed by atoms with E-state index >= 15 is 0 Å². The van der Waals surface area contributed by atoms with E-state index in [9.17, 15) is 9.59 Å². The van der Waals surface area contributed by atoms with Crippen LogP contribution in [0.4, 0.5) is 10.5 Å². The molecule has 0 aliphatic rings. The minimum atomic E-state index is -0.498. The molecule has 5 nitrogen and oxygen atoms in total. The number of nitrogens with zero attached hydrogens (tertiary/aromatic N) is 1. The molecule has 104 valence electrons. The van der Waals surface area contributed by atoms with E-state index in [0.717, 1.165) is 16.5 Å². The number of carbonyl (C=O) groups is 2. The molecule has 0 bridgehead atoms. The number of urea groups is 1. The third kappa shape index (κ3) is 3.26. The summed E-state index contributed by atoms with van der Waals surface area (Å²) < 4.78 is 0. The van der Waals surface area contributed by atoms with Gasteiger partial charge in [0.15, 0.2) is 0 Å². The van der Waals surface area contributed by atoms with Gasteiger partial charge in [-0.15, -0.1) is 0 Å². The van der Waals surface area contributed by atoms with Crippen LogP contribution in [0.15, 0.2) is 42.5 Å². The topological polar surface area (TPSA) is 61.4 Å². The zero-order valence-corrected chi connectivity index (χ0v) is 11.5. The van der Waals surface area contributed by atoms with Crippen LogP contribution in [0.2, 0.25) is 0 Å². The van der Waals surface area contributed by atoms with E-state index < -0.39 is 6.03 Å². The van der Waals surface area contributed by atoms with Gasteiger partial charge in [-0.3, -0.25) is 10.1 Å². The molecule has 0 saturated carbocycles. The van der Waals surface area contributed by atoms with E-state index in [-0.39, 0.29) is 12.5 Å². The molecular formula is C15H17N3O2. The summed E-state index contributed by atoms with van der Waals surface area (Å²) in [6, 6.07) is 13.5. The van der Waals surface area contributed by atoms with Crippen molar-refractivity contribution in [2.75, 3.05) is 25.5 Å². The van der Waals surface area contributed by atoms with Gasteiger partial charge in [0.25, 0.3) is 0 Å². The minimum Gasteiger partial charge on any atom is -0.365 e. The number of imide groups is 1. The Hall–Kier alpha value is -2.56. The van der Waals surface area contributed by atoms with Gasteiger partial charge in [-0.2, -0.15) is 0 Å². The molecule has 0 fully saturated rings. The lowest BCUT2D eigenvalue weighted by atomic mass is 10.1. The van der Waals surface area contributed by atoms with Gasteiger partial charge in [-0.05, 0) is 22.9 Å². The SMILES string of the molecule is CNC(=O)NC(=O)CN(C)c1ccc2ccccc2c1. The van der Waals surface area contributed by atoms with Gasteiger partial charge < -0.3 is 10.2 Å². The monoisotopic (exact) mass is 271 g/mol. The first-order chi connectivity index (χ1) is 9.60. The standard InChI is InChI=1S/C15H17N3O2/c1-16-15(20)17-14(19)10-18(2)13-8-7-11-5-3-4-6-12(11)9-13/h3-9H,10H2,1-2H3,(H2,16,17,19,20). The third-order valence-electron chi connectivity index (χ3n) is 3.03. The summed E-state index contributed by atoms with van der Waals surface area (Å²) >= 11 is 0. The molecule has 5 heteroatoms. The second-order valence-electron chi connectivity index (χ2n) is 4.51. The molecule has 0 atom stereocenters. The van der Waals surface area contributed by atoms with Crippen molar-refractivity contribution in [1.82, 2.24) is 10.6 Å². The summed E-state index contributed by atoms with van der Waals surface area (Å²) in [5, 5.41) is 6.85. The number of amides is 3. The van der Waals surface area contributed by atoms with Gasteiger partial charge in [0.1, 0.15) is 0 Å². The summed E-state index contributed by atoms with van der Waals surface area (Å²) in [5.74, 6) is -0.347. The second-order valence-corrected chi connectivity index (χ2v) is 4.51. The van der Waals surface area contributed by atoms with E-state index in [1.54, 1.807) is 4.90 Å². The minimum absolute atomic E-state index is 0.117. The molecule has 2 N–H and O–H groups in total. The van der Waals surface area contributed by atoms with Gasteiger partial charge in [-0.25, -0.2) is 4.79 Å². The number of carbonyl (C=O) groups excluding carboxylic acids is 2. The summed E-state index contributed by atoms with van der Waals surface area (Å²) in [7, 11) is 3.28. The zero-order chi connectivity index (χ0) is 14.5. The van der Waals surface area contributed by atoms with E-state index in [0.29, 0.717) is 0 Å². The smallest absolute Gasteiger partial charge is 0.321 e. The highest BCUT2D eigenvalue weighted by molar-refractivity contribution is 5.96. The van der Waals surface area contributed by atoms with E-state index in [2.05, 4.69) is 10.6 Å². The zero-order valence-electron chi connectivity index (χ0n) is 11.5. The van der Waals surface area contributed by atoms with Crippen LogP contribution in [0.1, 0.15) is 0 Å². The lowest BCUT2D eigenvalue weighted by Crippen LogP contribution is -2.42. The molecule has 2 aromatic carbocycles. The molecule has 0 saturated heterocycles. The molecular weight excluding hydrogens is 254 g/mol. The Morgan fingerprint density at radius 2 is 1.80 bits per heavy atom. The number of likely N-dealkylation sites (N-methyl/N-ethyl adjacent to an activating group) is 1. The van der Waals surface area contributed by atoms with Crippen molar-refractivity contribution in [2.45, 2.75) is 0 Å². The summed E-state index contributed by atoms with van der Waals surface area (Å²) in [4.78, 5) is 24.5. The average molecular weight is 271 g/mol. The van der Waals surface area contributed by atoms with Crippen LogP contribution in [0.5, 0.6) is 0 Å². The third-order valence-corrected chi connectivity index (χ3v) is 3.03. The van der Waals surface area contributed by atoms with Crippen LogP contribution in [-0.2, 0) is 4.79 Å². The fourth-order valence-corrected chi connectivity index (χ4v) is 1.95. The Bertz CT molecular complexity index is 640. The Morgan fingerprint density at radius 3 is 2.50 bits per heavy atom. The largest absolute Gasteiger partial charge is 0.365 e. The van der Waals surface area contributed by atoms with Crippen molar-refractivity contribution in [2.24, 2.45) is 0 Å². The quantitative estimate of drug-likeness (QED) is 0.893. The molecule has 2 rings (SSSR count). The van der Waals surface area contributed by atoms with E-state index in [1.165, 1.54) is 7.05 Å². The highest BCUT2D eigenvalue weighted by Gasteiger charge is 2.10. The van der Waals surface area contributed by atoms with Crippen LogP contribution in [0, 0.1) is 0 Å². The molecule has 0 spiro atoms. The predicted molar refractivity (Wildman–Crippen MR) is 79.8 cm³/mol. The second kappa shape index (κ2) is 6.06. The molecule has 3 amide bonds. The molecule has 2 aromatic rings. The average Bonchev–Trinajstić information content (AvgIpc) is 2.46. The van der Waals surface area contributed by atoms with Crippen molar-refractivity contribution in [3.63, 3.8) is 0 Å². The number of benzene rings is 2. The lowest BCUT2D eigenvalue weighted by molar-refractivity contribution is -0.118. The normalized spacial score (nSPS) is 10.1. The van der Waals surface area contributed by atoms with Crippen molar-refractivity contribution in [3.8, 4) is 0 Å². The summed E-state index contributed by atoms with van der Waals surface area (Å²) in [6.07, 6.45) is 0. The summed E-state index contributed by atoms with van der Waals surface area (Å²) in [6.45, 7) is 0.117. The molecule has 0 unspecified atom stereocenters. The maximum absolute atomic E-state index is 11.6. The van der Waals surface area contributed by atoms with Crippen molar-refractivity contribution in [3.05, 3.63) is 42.5 Å². The molecule has 20 heavy (non-hydrogen) atoms. The van der Waals surface area contributed by atoms with Crippen LogP contribution >= 0.6 is 0 Å². The Balaban J connectivity index is 2.09. The van der Waals surface area contributed by atoms with E-state index in [1.807, 2.05) is 49.5 Å². The first-order valence-corrected chi connectivity index (χ1v) is 6.31. The highest BCUT2D eigenvalue weighted by atomic mass is 16.2. The van der Waals surface area contributed by atoms with Crippen molar-refractivity contribution >= 4 is 28.4 Å². The molecule has 0 aliphatic carbocycles. The van der Waals surface area contributed by atoms with Gasteiger partial charge in [-0.1, -0.05) is 30.3 Å². The van der Waals surface area contributed by atoms with Crippen molar-refractivity contribution in [1.29, 1.82) is 0 Å². The molecule has 0 radical (unpaired) electrons. The van der Waals surface area contributed by atoms with Crippen LogP contribution in [-0.4, -0.2) is 32.6 Å². The van der Waals surface area contributed by atoms with Gasteiger partial charge >= 0.3 is 6.03 Å². The Kier molecular flexibility index (Phi) is 4.20. The Morgan fingerprint density at radius 1 is 1.10 bits per heavy atom. The predicted octanol–water partition coefficient (Wildman–Crippen LogP) is 1.73. The molecule has 0 heterocycles. The highest BCUT2D eigenvalue weighted by Crippen LogP contribution is 2.20. The number of fused-ring (bicyclic) bond motifs is 1. The Labute approximate surface area is 117 Å². The van der Waals surface area contributed by atoms with Crippen molar-refractivity contribution < 1.29 is 9.59 Å². The number of nitrogens with one attached hydrogen (secondary N) is 2. The molecule has 0 aliphatic heterocycles. The van der Waals surface area contributed by atoms with Gasteiger partial charge in [0, 0.05) is 19.8 Å². The first-order valence-electron chi connectivity index (χ1n) is 6.31. The summed E-state index contributed by atoms with van der Waals surface area (Å²) in [5.41, 5.74) is 0.927. The fourth-order valence-electron chi connectivity index (χ4n) is 1.95. The van der Waals surface area contributed by atoms with E-state index in [4.69, 9.17) is 0 Å². The molecule has 0 aromatic heterocycles. The van der Waals surface area contributed by atoms with Crippen LogP contribution < -0.4 is 15.5 Å². The van der Waals surface area contributed by atoms with Crippen LogP contribution in [0.3, 0.4) is 0 Å². The lowest BCUT2D eigenvalue weighted by Gasteiger charge is -2.19. The number of anilines is 1. The number of hydrogen-bond acceptors (Lipinski definition) is 3. The van der Waals surface area contributed by atoms with Crippen LogP contribution in [0.25, 0.3) is 10.8 Å². The first kappa shape index (κ1) is 13.9. The number of hydrogen-bond donors (Lipinski definition) is 2. The fraction of sp³-hybridized carbons (Fsp3) is 0.200. The van der Waals surface area contributed by atoms with Gasteiger partial charge in [0.05, 0.1) is 6.54 Å². The maximum atomic E-state index is 11.6. The number of rotatable bonds is 3. The maximum Gasteiger partial charge on any atom is 0.321 e.